The van der Waals surface area contributed by atoms with Gasteiger partial charge >= 0.3 is 0 Å². The molecule has 0 radical (unpaired) electrons. The minimum absolute atomic E-state index is 0.0650. The van der Waals surface area contributed by atoms with Gasteiger partial charge in [-0.3, -0.25) is 4.79 Å². The van der Waals surface area contributed by atoms with E-state index in [-0.39, 0.29) is 31.8 Å². The second kappa shape index (κ2) is 9.36. The van der Waals surface area contributed by atoms with Gasteiger partial charge in [-0.25, -0.2) is 8.78 Å². The molecule has 0 aliphatic carbocycles. The summed E-state index contributed by atoms with van der Waals surface area (Å²) in [5.74, 6) is -2.28. The molecular formula is C25H27ClF2N2OS. The van der Waals surface area contributed by atoms with Crippen LogP contribution in [0.15, 0.2) is 48.0 Å². The number of alkyl halides is 2. The minimum atomic E-state index is -2.68. The van der Waals surface area contributed by atoms with Gasteiger partial charge in [-0.15, -0.1) is 11.3 Å². The molecular weight excluding hydrogens is 450 g/mol. The fraction of sp³-hybridized carbons (Fsp3) is 0.400. The summed E-state index contributed by atoms with van der Waals surface area (Å²) in [5.41, 5.74) is 3.48. The number of likely N-dealkylation sites (tertiary alicyclic amines) is 1. The zero-order valence-electron chi connectivity index (χ0n) is 18.3. The second-order valence-corrected chi connectivity index (χ2v) is 10.1. The van der Waals surface area contributed by atoms with Gasteiger partial charge in [0.15, 0.2) is 0 Å². The molecule has 0 N–H and O–H groups in total. The number of amides is 1. The maximum absolute atomic E-state index is 13.4. The molecule has 1 saturated heterocycles. The molecule has 1 aliphatic rings. The van der Waals surface area contributed by atoms with Crippen LogP contribution < -0.4 is 0 Å². The van der Waals surface area contributed by atoms with Gasteiger partial charge in [-0.2, -0.15) is 0 Å². The molecule has 170 valence electrons. The molecule has 3 nitrogen and oxygen atoms in total. The largest absolute Gasteiger partial charge is 0.347 e. The number of piperidine rings is 1. The van der Waals surface area contributed by atoms with Crippen LogP contribution in [0.1, 0.15) is 43.5 Å². The van der Waals surface area contributed by atoms with Crippen LogP contribution in [0, 0.1) is 5.92 Å². The number of nitrogens with zero attached hydrogens (tertiary/aromatic N) is 2. The van der Waals surface area contributed by atoms with Crippen molar-refractivity contribution in [2.24, 2.45) is 5.92 Å². The summed E-state index contributed by atoms with van der Waals surface area (Å²) in [6.45, 7) is 5.56. The Morgan fingerprint density at radius 3 is 2.62 bits per heavy atom. The number of hydrogen-bond acceptors (Lipinski definition) is 2. The number of halogens is 3. The fourth-order valence-corrected chi connectivity index (χ4v) is 5.18. The van der Waals surface area contributed by atoms with Crippen molar-refractivity contribution in [3.63, 3.8) is 0 Å². The Morgan fingerprint density at radius 1 is 1.19 bits per heavy atom. The molecule has 3 heterocycles. The summed E-state index contributed by atoms with van der Waals surface area (Å²) < 4.78 is 29.1. The van der Waals surface area contributed by atoms with Crippen LogP contribution in [0.25, 0.3) is 21.7 Å². The number of aryl methyl sites for hydroxylation is 1. The van der Waals surface area contributed by atoms with Crippen molar-refractivity contribution in [1.29, 1.82) is 0 Å². The number of aromatic nitrogens is 1. The van der Waals surface area contributed by atoms with E-state index in [1.54, 1.807) is 23.5 Å². The zero-order chi connectivity index (χ0) is 22.9. The van der Waals surface area contributed by atoms with E-state index >= 15 is 0 Å². The molecule has 7 heteroatoms. The zero-order valence-corrected chi connectivity index (χ0v) is 19.9. The number of carbonyl (C=O) groups excluding carboxylic acids is 1. The molecule has 1 aromatic carbocycles. The third kappa shape index (κ3) is 5.07. The highest BCUT2D eigenvalue weighted by Crippen LogP contribution is 2.37. The molecule has 2 aromatic heterocycles. The van der Waals surface area contributed by atoms with Gasteiger partial charge in [0.1, 0.15) is 0 Å². The van der Waals surface area contributed by atoms with Crippen molar-refractivity contribution in [2.75, 3.05) is 13.1 Å². The molecule has 0 saturated carbocycles. The highest BCUT2D eigenvalue weighted by atomic mass is 35.5. The lowest BCUT2D eigenvalue weighted by atomic mass is 10.0. The fourth-order valence-electron chi connectivity index (χ4n) is 3.94. The molecule has 0 spiro atoms. The van der Waals surface area contributed by atoms with Crippen LogP contribution in [0.4, 0.5) is 8.78 Å². The summed E-state index contributed by atoms with van der Waals surface area (Å²) in [5, 5.41) is 2.56. The van der Waals surface area contributed by atoms with E-state index in [0.717, 1.165) is 24.1 Å². The van der Waals surface area contributed by atoms with E-state index in [2.05, 4.69) is 48.2 Å². The lowest BCUT2D eigenvalue weighted by Gasteiger charge is -2.31. The first-order valence-electron chi connectivity index (χ1n) is 10.9. The topological polar surface area (TPSA) is 25.2 Å². The number of benzene rings is 1. The molecule has 1 fully saturated rings. The molecule has 4 rings (SSSR count). The number of thiophene rings is 1. The van der Waals surface area contributed by atoms with E-state index in [9.17, 15) is 13.6 Å². The van der Waals surface area contributed by atoms with Gasteiger partial charge < -0.3 is 9.47 Å². The predicted octanol–water partition coefficient (Wildman–Crippen LogP) is 7.45. The van der Waals surface area contributed by atoms with Gasteiger partial charge in [0.25, 0.3) is 11.8 Å². The molecule has 1 aliphatic heterocycles. The van der Waals surface area contributed by atoms with E-state index in [0.29, 0.717) is 16.5 Å². The van der Waals surface area contributed by atoms with Crippen molar-refractivity contribution >= 4 is 28.8 Å². The Morgan fingerprint density at radius 2 is 1.94 bits per heavy atom. The normalized spacial score (nSPS) is 16.0. The lowest BCUT2D eigenvalue weighted by Crippen LogP contribution is -2.42. The summed E-state index contributed by atoms with van der Waals surface area (Å²) in [6, 6.07) is 11.5. The number of carbonyl (C=O) groups is 1. The Balaban J connectivity index is 1.51. The van der Waals surface area contributed by atoms with Gasteiger partial charge in [0, 0.05) is 54.8 Å². The first-order chi connectivity index (χ1) is 15.2. The summed E-state index contributed by atoms with van der Waals surface area (Å²) in [6.07, 6.45) is 2.65. The van der Waals surface area contributed by atoms with Crippen LogP contribution in [0.2, 0.25) is 5.02 Å². The van der Waals surface area contributed by atoms with Crippen LogP contribution in [-0.2, 0) is 6.54 Å². The SMILES string of the molecule is CC(C)CCn1cccc1-c1cc(-c2ccc(C(=O)N3CCC(F)(F)CC3)cc2Cl)cs1. The molecule has 3 aromatic rings. The first-order valence-corrected chi connectivity index (χ1v) is 12.2. The molecule has 0 atom stereocenters. The van der Waals surface area contributed by atoms with Crippen LogP contribution >= 0.6 is 22.9 Å². The van der Waals surface area contributed by atoms with E-state index in [4.69, 9.17) is 11.6 Å². The quantitative estimate of drug-likeness (QED) is 0.362. The molecule has 32 heavy (non-hydrogen) atoms. The average molecular weight is 477 g/mol. The molecule has 1 amide bonds. The maximum atomic E-state index is 13.4. The van der Waals surface area contributed by atoms with Gasteiger partial charge in [-0.1, -0.05) is 31.5 Å². The second-order valence-electron chi connectivity index (χ2n) is 8.81. The minimum Gasteiger partial charge on any atom is -0.347 e. The third-order valence-electron chi connectivity index (χ3n) is 5.94. The van der Waals surface area contributed by atoms with Crippen LogP contribution in [0.3, 0.4) is 0 Å². The number of hydrogen-bond donors (Lipinski definition) is 0. The lowest BCUT2D eigenvalue weighted by molar-refractivity contribution is -0.0494. The summed E-state index contributed by atoms with van der Waals surface area (Å²) in [4.78, 5) is 15.4. The van der Waals surface area contributed by atoms with Crippen molar-refractivity contribution in [2.45, 2.75) is 45.6 Å². The highest BCUT2D eigenvalue weighted by Gasteiger charge is 2.35. The third-order valence-corrected chi connectivity index (χ3v) is 7.20. The average Bonchev–Trinajstić information content (AvgIpc) is 3.41. The first kappa shape index (κ1) is 23.0. The van der Waals surface area contributed by atoms with Crippen LogP contribution in [0.5, 0.6) is 0 Å². The molecule has 0 unspecified atom stereocenters. The van der Waals surface area contributed by atoms with Gasteiger partial charge in [-0.05, 0) is 53.6 Å². The predicted molar refractivity (Wildman–Crippen MR) is 128 cm³/mol. The Kier molecular flexibility index (Phi) is 6.72. The van der Waals surface area contributed by atoms with Crippen molar-refractivity contribution in [3.8, 4) is 21.7 Å². The van der Waals surface area contributed by atoms with Gasteiger partial charge in [0.2, 0.25) is 0 Å². The monoisotopic (exact) mass is 476 g/mol. The Bertz CT molecular complexity index is 1100. The summed E-state index contributed by atoms with van der Waals surface area (Å²) in [7, 11) is 0. The highest BCUT2D eigenvalue weighted by molar-refractivity contribution is 7.14. The van der Waals surface area contributed by atoms with E-state index < -0.39 is 5.92 Å². The van der Waals surface area contributed by atoms with Crippen molar-refractivity contribution < 1.29 is 13.6 Å². The maximum Gasteiger partial charge on any atom is 0.253 e. The smallest absolute Gasteiger partial charge is 0.253 e. The van der Waals surface area contributed by atoms with Crippen LogP contribution in [-0.4, -0.2) is 34.4 Å². The van der Waals surface area contributed by atoms with E-state index in [1.807, 2.05) is 6.07 Å². The van der Waals surface area contributed by atoms with E-state index in [1.165, 1.54) is 15.5 Å². The Hall–Kier alpha value is -2.18. The number of rotatable bonds is 6. The molecule has 0 bridgehead atoms. The summed E-state index contributed by atoms with van der Waals surface area (Å²) >= 11 is 8.22. The van der Waals surface area contributed by atoms with Crippen molar-refractivity contribution in [1.82, 2.24) is 9.47 Å². The van der Waals surface area contributed by atoms with Crippen molar-refractivity contribution in [3.05, 3.63) is 58.6 Å². The standard InChI is InChI=1S/C25H27ClF2N2OS/c1-17(2)7-11-29-10-3-4-22(29)23-15-19(16-32-23)20-6-5-18(14-21(20)26)24(31)30-12-8-25(27,28)9-13-30/h3-6,10,14-17H,7-9,11-13H2,1-2H3. The van der Waals surface area contributed by atoms with Gasteiger partial charge in [0.05, 0.1) is 10.6 Å². The Labute approximate surface area is 196 Å².